The lowest BCUT2D eigenvalue weighted by Gasteiger charge is -2.08. The average Bonchev–Trinajstić information content (AvgIpc) is 2.87. The van der Waals surface area contributed by atoms with Crippen molar-refractivity contribution in [3.8, 4) is 11.5 Å². The Morgan fingerprint density at radius 1 is 1.22 bits per heavy atom. The number of anilines is 1. The second-order valence-corrected chi connectivity index (χ2v) is 3.87. The predicted molar refractivity (Wildman–Crippen MR) is 64.1 cm³/mol. The number of halogens is 1. The van der Waals surface area contributed by atoms with Gasteiger partial charge in [0.2, 0.25) is 12.7 Å². The van der Waals surface area contributed by atoms with E-state index in [0.717, 1.165) is 22.7 Å². The number of rotatable bonds is 3. The van der Waals surface area contributed by atoms with Crippen LogP contribution in [-0.4, -0.2) is 11.8 Å². The minimum atomic E-state index is -0.488. The Balaban J connectivity index is 1.74. The van der Waals surface area contributed by atoms with Crippen LogP contribution in [0.5, 0.6) is 11.5 Å². The lowest BCUT2D eigenvalue weighted by molar-refractivity contribution is 0.173. The molecule has 0 aliphatic carbocycles. The van der Waals surface area contributed by atoms with Crippen molar-refractivity contribution in [1.29, 1.82) is 0 Å². The minimum absolute atomic E-state index is 0.254. The molecule has 4 nitrogen and oxygen atoms in total. The van der Waals surface area contributed by atoms with Crippen LogP contribution < -0.4 is 14.8 Å². The Hall–Kier alpha value is -2.30. The maximum absolute atomic E-state index is 12.7. The third-order valence-electron chi connectivity index (χ3n) is 2.69. The second-order valence-electron chi connectivity index (χ2n) is 3.87. The van der Waals surface area contributed by atoms with Crippen molar-refractivity contribution >= 4 is 5.69 Å². The van der Waals surface area contributed by atoms with Gasteiger partial charge >= 0.3 is 0 Å². The minimum Gasteiger partial charge on any atom is -0.454 e. The molecule has 2 aromatic rings. The van der Waals surface area contributed by atoms with Crippen LogP contribution in [0.3, 0.4) is 0 Å². The van der Waals surface area contributed by atoms with Gasteiger partial charge in [-0.05, 0) is 18.2 Å². The number of nitrogens with one attached hydrogen (secondary N) is 1. The molecular formula is C13H11FN2O2. The van der Waals surface area contributed by atoms with Crippen molar-refractivity contribution in [1.82, 2.24) is 4.98 Å². The molecule has 0 spiro atoms. The summed E-state index contributed by atoms with van der Waals surface area (Å²) in [5, 5.41) is 3.15. The SMILES string of the molecule is Fc1ccc(NCc2cccc3c2OCO3)cn1. The lowest BCUT2D eigenvalue weighted by atomic mass is 10.2. The number of ether oxygens (including phenoxy) is 2. The second kappa shape index (κ2) is 4.52. The number of para-hydroxylation sites is 1. The Morgan fingerprint density at radius 2 is 2.17 bits per heavy atom. The van der Waals surface area contributed by atoms with Crippen LogP contribution in [0.25, 0.3) is 0 Å². The fourth-order valence-electron chi connectivity index (χ4n) is 1.81. The Morgan fingerprint density at radius 3 is 3.00 bits per heavy atom. The van der Waals surface area contributed by atoms with E-state index >= 15 is 0 Å². The molecule has 0 atom stereocenters. The van der Waals surface area contributed by atoms with Crippen LogP contribution in [0.1, 0.15) is 5.56 Å². The molecule has 0 radical (unpaired) electrons. The first kappa shape index (κ1) is 10.8. The molecule has 92 valence electrons. The van der Waals surface area contributed by atoms with E-state index in [-0.39, 0.29) is 6.79 Å². The zero-order valence-corrected chi connectivity index (χ0v) is 9.52. The highest BCUT2D eigenvalue weighted by Gasteiger charge is 2.16. The van der Waals surface area contributed by atoms with Gasteiger partial charge in [0.25, 0.3) is 0 Å². The van der Waals surface area contributed by atoms with Crippen molar-refractivity contribution in [2.24, 2.45) is 0 Å². The van der Waals surface area contributed by atoms with Crippen LogP contribution in [0.4, 0.5) is 10.1 Å². The quantitative estimate of drug-likeness (QED) is 0.845. The summed E-state index contributed by atoms with van der Waals surface area (Å²) in [6.07, 6.45) is 1.45. The van der Waals surface area contributed by atoms with E-state index in [0.29, 0.717) is 6.54 Å². The molecule has 0 fully saturated rings. The first-order valence-electron chi connectivity index (χ1n) is 5.56. The summed E-state index contributed by atoms with van der Waals surface area (Å²) in [5.74, 6) is 1.03. The van der Waals surface area contributed by atoms with Crippen LogP contribution in [0, 0.1) is 5.95 Å². The smallest absolute Gasteiger partial charge is 0.231 e. The monoisotopic (exact) mass is 246 g/mol. The number of hydrogen-bond donors (Lipinski definition) is 1. The summed E-state index contributed by atoms with van der Waals surface area (Å²) in [7, 11) is 0. The topological polar surface area (TPSA) is 43.4 Å². The standard InChI is InChI=1S/C13H11FN2O2/c14-12-5-4-10(7-16-12)15-6-9-2-1-3-11-13(9)18-8-17-11/h1-5,7,15H,6,8H2. The number of nitrogens with zero attached hydrogens (tertiary/aromatic N) is 1. The normalized spacial score (nSPS) is 12.5. The third-order valence-corrected chi connectivity index (χ3v) is 2.69. The van der Waals surface area contributed by atoms with E-state index in [2.05, 4.69) is 10.3 Å². The van der Waals surface area contributed by atoms with Crippen LogP contribution in [-0.2, 0) is 6.54 Å². The molecule has 0 bridgehead atoms. The molecule has 0 saturated carbocycles. The molecule has 1 aliphatic heterocycles. The maximum Gasteiger partial charge on any atom is 0.231 e. The fourth-order valence-corrected chi connectivity index (χ4v) is 1.81. The molecule has 18 heavy (non-hydrogen) atoms. The van der Waals surface area contributed by atoms with E-state index in [9.17, 15) is 4.39 Å². The Bertz CT molecular complexity index is 557. The molecule has 1 N–H and O–H groups in total. The molecule has 5 heteroatoms. The van der Waals surface area contributed by atoms with E-state index < -0.39 is 5.95 Å². The number of aromatic nitrogens is 1. The highest BCUT2D eigenvalue weighted by atomic mass is 19.1. The van der Waals surface area contributed by atoms with E-state index in [1.165, 1.54) is 12.3 Å². The summed E-state index contributed by atoms with van der Waals surface area (Å²) >= 11 is 0. The molecular weight excluding hydrogens is 235 g/mol. The molecule has 3 rings (SSSR count). The van der Waals surface area contributed by atoms with Gasteiger partial charge < -0.3 is 14.8 Å². The van der Waals surface area contributed by atoms with E-state index in [4.69, 9.17) is 9.47 Å². The largest absolute Gasteiger partial charge is 0.454 e. The van der Waals surface area contributed by atoms with Gasteiger partial charge in [-0.3, -0.25) is 0 Å². The molecule has 1 aliphatic rings. The highest BCUT2D eigenvalue weighted by Crippen LogP contribution is 2.35. The molecule has 0 saturated heterocycles. The van der Waals surface area contributed by atoms with Gasteiger partial charge in [0.15, 0.2) is 11.5 Å². The first-order chi connectivity index (χ1) is 8.83. The van der Waals surface area contributed by atoms with Gasteiger partial charge in [-0.2, -0.15) is 4.39 Å². The van der Waals surface area contributed by atoms with Gasteiger partial charge in [-0.15, -0.1) is 0 Å². The zero-order chi connectivity index (χ0) is 12.4. The summed E-state index contributed by atoms with van der Waals surface area (Å²) in [4.78, 5) is 3.58. The van der Waals surface area contributed by atoms with Gasteiger partial charge in [-0.1, -0.05) is 12.1 Å². The van der Waals surface area contributed by atoms with Crippen molar-refractivity contribution in [2.75, 3.05) is 12.1 Å². The maximum atomic E-state index is 12.7. The molecule has 0 amide bonds. The van der Waals surface area contributed by atoms with Crippen LogP contribution >= 0.6 is 0 Å². The molecule has 1 aromatic heterocycles. The van der Waals surface area contributed by atoms with Crippen molar-refractivity contribution in [3.63, 3.8) is 0 Å². The van der Waals surface area contributed by atoms with Gasteiger partial charge in [0.1, 0.15) is 0 Å². The Labute approximate surface area is 103 Å². The summed E-state index contributed by atoms with van der Waals surface area (Å²) in [5.41, 5.74) is 1.75. The van der Waals surface area contributed by atoms with Gasteiger partial charge in [0, 0.05) is 12.1 Å². The van der Waals surface area contributed by atoms with Gasteiger partial charge in [-0.25, -0.2) is 4.98 Å². The average molecular weight is 246 g/mol. The third kappa shape index (κ3) is 2.07. The zero-order valence-electron chi connectivity index (χ0n) is 9.52. The molecule has 2 heterocycles. The summed E-state index contributed by atoms with van der Waals surface area (Å²) in [6.45, 7) is 0.824. The fraction of sp³-hybridized carbons (Fsp3) is 0.154. The van der Waals surface area contributed by atoms with Crippen molar-refractivity contribution < 1.29 is 13.9 Å². The van der Waals surface area contributed by atoms with Crippen molar-refractivity contribution in [2.45, 2.75) is 6.54 Å². The van der Waals surface area contributed by atoms with Crippen molar-refractivity contribution in [3.05, 3.63) is 48.0 Å². The molecule has 1 aromatic carbocycles. The van der Waals surface area contributed by atoms with E-state index in [1.54, 1.807) is 6.07 Å². The predicted octanol–water partition coefficient (Wildman–Crippen LogP) is 2.56. The number of benzene rings is 1. The van der Waals surface area contributed by atoms with E-state index in [1.807, 2.05) is 18.2 Å². The summed E-state index contributed by atoms with van der Waals surface area (Å²) in [6, 6.07) is 8.69. The lowest BCUT2D eigenvalue weighted by Crippen LogP contribution is -2.01. The highest BCUT2D eigenvalue weighted by molar-refractivity contribution is 5.50. The van der Waals surface area contributed by atoms with Crippen LogP contribution in [0.2, 0.25) is 0 Å². The Kier molecular flexibility index (Phi) is 2.72. The summed E-state index contributed by atoms with van der Waals surface area (Å²) < 4.78 is 23.3. The first-order valence-corrected chi connectivity index (χ1v) is 5.56. The van der Waals surface area contributed by atoms with Gasteiger partial charge in [0.05, 0.1) is 11.9 Å². The number of pyridine rings is 1. The number of hydrogen-bond acceptors (Lipinski definition) is 4. The number of fused-ring (bicyclic) bond motifs is 1. The van der Waals surface area contributed by atoms with Crippen LogP contribution in [0.15, 0.2) is 36.5 Å². The molecule has 0 unspecified atom stereocenters.